The molecule has 0 bridgehead atoms. The van der Waals surface area contributed by atoms with Crippen molar-refractivity contribution in [3.05, 3.63) is 35.6 Å². The van der Waals surface area contributed by atoms with Crippen LogP contribution in [0.25, 0.3) is 0 Å². The summed E-state index contributed by atoms with van der Waals surface area (Å²) in [4.78, 5) is 12.0. The Hall–Kier alpha value is -1.46. The molecular formula is C14H19FN2O2. The SMILES string of the molecule is CC(NC(=O)C1CCC(CN)O1)c1ccc(F)cc1. The molecule has 3 unspecified atom stereocenters. The van der Waals surface area contributed by atoms with E-state index in [-0.39, 0.29) is 23.9 Å². The summed E-state index contributed by atoms with van der Waals surface area (Å²) >= 11 is 0. The zero-order valence-corrected chi connectivity index (χ0v) is 10.9. The predicted molar refractivity (Wildman–Crippen MR) is 69.9 cm³/mol. The third-order valence-electron chi connectivity index (χ3n) is 3.39. The van der Waals surface area contributed by atoms with Crippen LogP contribution >= 0.6 is 0 Å². The van der Waals surface area contributed by atoms with E-state index in [9.17, 15) is 9.18 Å². The molecule has 4 nitrogen and oxygen atoms in total. The second-order valence-electron chi connectivity index (χ2n) is 4.84. The topological polar surface area (TPSA) is 64.4 Å². The molecule has 5 heteroatoms. The molecule has 0 radical (unpaired) electrons. The summed E-state index contributed by atoms with van der Waals surface area (Å²) < 4.78 is 18.4. The summed E-state index contributed by atoms with van der Waals surface area (Å²) in [5, 5.41) is 2.88. The molecule has 1 fully saturated rings. The van der Waals surface area contributed by atoms with E-state index in [1.807, 2.05) is 6.92 Å². The molecule has 3 atom stereocenters. The second kappa shape index (κ2) is 6.12. The molecule has 19 heavy (non-hydrogen) atoms. The van der Waals surface area contributed by atoms with Crippen molar-refractivity contribution in [2.75, 3.05) is 6.54 Å². The lowest BCUT2D eigenvalue weighted by Gasteiger charge is -2.18. The fourth-order valence-electron chi connectivity index (χ4n) is 2.21. The molecule has 104 valence electrons. The number of rotatable bonds is 4. The summed E-state index contributed by atoms with van der Waals surface area (Å²) in [6.45, 7) is 2.30. The van der Waals surface area contributed by atoms with Gasteiger partial charge in [-0.15, -0.1) is 0 Å². The van der Waals surface area contributed by atoms with Crippen LogP contribution < -0.4 is 11.1 Å². The van der Waals surface area contributed by atoms with Crippen LogP contribution in [0.1, 0.15) is 31.4 Å². The predicted octanol–water partition coefficient (Wildman–Crippen LogP) is 1.51. The molecule has 1 aliphatic rings. The van der Waals surface area contributed by atoms with Gasteiger partial charge >= 0.3 is 0 Å². The number of carbonyl (C=O) groups is 1. The Labute approximate surface area is 112 Å². The summed E-state index contributed by atoms with van der Waals surface area (Å²) in [6, 6.07) is 5.92. The second-order valence-corrected chi connectivity index (χ2v) is 4.84. The van der Waals surface area contributed by atoms with Crippen LogP contribution in [-0.4, -0.2) is 24.7 Å². The first kappa shape index (κ1) is 14.0. The highest BCUT2D eigenvalue weighted by atomic mass is 19.1. The van der Waals surface area contributed by atoms with Crippen molar-refractivity contribution in [2.45, 2.75) is 38.0 Å². The lowest BCUT2D eigenvalue weighted by molar-refractivity contribution is -0.132. The molecule has 1 aromatic carbocycles. The number of nitrogens with two attached hydrogens (primary N) is 1. The van der Waals surface area contributed by atoms with Crippen molar-refractivity contribution in [2.24, 2.45) is 5.73 Å². The minimum Gasteiger partial charge on any atom is -0.364 e. The van der Waals surface area contributed by atoms with Gasteiger partial charge in [0.2, 0.25) is 5.91 Å². The molecule has 1 aliphatic heterocycles. The van der Waals surface area contributed by atoms with E-state index in [0.717, 1.165) is 12.0 Å². The smallest absolute Gasteiger partial charge is 0.249 e. The third kappa shape index (κ3) is 3.52. The molecule has 0 spiro atoms. The van der Waals surface area contributed by atoms with Gasteiger partial charge in [0.05, 0.1) is 12.1 Å². The third-order valence-corrected chi connectivity index (χ3v) is 3.39. The van der Waals surface area contributed by atoms with Crippen LogP contribution in [0.3, 0.4) is 0 Å². The van der Waals surface area contributed by atoms with Crippen molar-refractivity contribution in [1.29, 1.82) is 0 Å². The lowest BCUT2D eigenvalue weighted by Crippen LogP contribution is -2.36. The normalized spacial score (nSPS) is 24.2. The first-order valence-electron chi connectivity index (χ1n) is 6.51. The Bertz CT molecular complexity index is 436. The van der Waals surface area contributed by atoms with E-state index in [0.29, 0.717) is 13.0 Å². The van der Waals surface area contributed by atoms with Gasteiger partial charge < -0.3 is 15.8 Å². The highest BCUT2D eigenvalue weighted by Gasteiger charge is 2.30. The molecule has 2 rings (SSSR count). The van der Waals surface area contributed by atoms with Crippen LogP contribution in [0.4, 0.5) is 4.39 Å². The van der Waals surface area contributed by atoms with Gasteiger partial charge in [0.25, 0.3) is 0 Å². The Morgan fingerprint density at radius 3 is 2.74 bits per heavy atom. The monoisotopic (exact) mass is 266 g/mol. The number of benzene rings is 1. The zero-order valence-electron chi connectivity index (χ0n) is 10.9. The summed E-state index contributed by atoms with van der Waals surface area (Å²) in [7, 11) is 0. The van der Waals surface area contributed by atoms with Gasteiger partial charge in [0, 0.05) is 6.54 Å². The largest absolute Gasteiger partial charge is 0.364 e. The summed E-state index contributed by atoms with van der Waals surface area (Å²) in [6.07, 6.45) is 1.08. The first-order valence-corrected chi connectivity index (χ1v) is 6.51. The van der Waals surface area contributed by atoms with Gasteiger partial charge in [-0.3, -0.25) is 4.79 Å². The maximum absolute atomic E-state index is 12.8. The van der Waals surface area contributed by atoms with Gasteiger partial charge in [0.1, 0.15) is 11.9 Å². The molecule has 1 aromatic rings. The highest BCUT2D eigenvalue weighted by Crippen LogP contribution is 2.20. The lowest BCUT2D eigenvalue weighted by atomic mass is 10.1. The number of ether oxygens (including phenoxy) is 1. The molecule has 1 heterocycles. The van der Waals surface area contributed by atoms with E-state index in [1.165, 1.54) is 12.1 Å². The number of carbonyl (C=O) groups excluding carboxylic acids is 1. The Morgan fingerprint density at radius 2 is 2.16 bits per heavy atom. The van der Waals surface area contributed by atoms with Gasteiger partial charge in [-0.05, 0) is 37.5 Å². The molecule has 1 amide bonds. The standard InChI is InChI=1S/C14H19FN2O2/c1-9(10-2-4-11(15)5-3-10)17-14(18)13-7-6-12(8-16)19-13/h2-5,9,12-13H,6-8,16H2,1H3,(H,17,18). The molecular weight excluding hydrogens is 247 g/mol. The Balaban J connectivity index is 1.90. The number of hydrogen-bond donors (Lipinski definition) is 2. The number of hydrogen-bond acceptors (Lipinski definition) is 3. The van der Waals surface area contributed by atoms with Crippen molar-refractivity contribution >= 4 is 5.91 Å². The fourth-order valence-corrected chi connectivity index (χ4v) is 2.21. The maximum Gasteiger partial charge on any atom is 0.249 e. The number of amides is 1. The van der Waals surface area contributed by atoms with Crippen LogP contribution in [0.5, 0.6) is 0 Å². The maximum atomic E-state index is 12.8. The van der Waals surface area contributed by atoms with E-state index in [1.54, 1.807) is 12.1 Å². The molecule has 0 saturated carbocycles. The van der Waals surface area contributed by atoms with E-state index in [2.05, 4.69) is 5.32 Å². The van der Waals surface area contributed by atoms with Crippen LogP contribution in [-0.2, 0) is 9.53 Å². The molecule has 0 aromatic heterocycles. The fraction of sp³-hybridized carbons (Fsp3) is 0.500. The minimum absolute atomic E-state index is 0.0168. The van der Waals surface area contributed by atoms with Crippen molar-refractivity contribution in [1.82, 2.24) is 5.32 Å². The highest BCUT2D eigenvalue weighted by molar-refractivity contribution is 5.81. The van der Waals surface area contributed by atoms with Crippen molar-refractivity contribution < 1.29 is 13.9 Å². The van der Waals surface area contributed by atoms with E-state index in [4.69, 9.17) is 10.5 Å². The van der Waals surface area contributed by atoms with Gasteiger partial charge in [-0.2, -0.15) is 0 Å². The average Bonchev–Trinajstić information content (AvgIpc) is 2.88. The first-order chi connectivity index (χ1) is 9.10. The Morgan fingerprint density at radius 1 is 1.47 bits per heavy atom. The Kier molecular flexibility index (Phi) is 4.50. The van der Waals surface area contributed by atoms with Crippen molar-refractivity contribution in [3.8, 4) is 0 Å². The summed E-state index contributed by atoms with van der Waals surface area (Å²) in [5.74, 6) is -0.417. The quantitative estimate of drug-likeness (QED) is 0.868. The molecule has 0 aliphatic carbocycles. The minimum atomic E-state index is -0.420. The van der Waals surface area contributed by atoms with Crippen LogP contribution in [0.2, 0.25) is 0 Å². The number of halogens is 1. The summed E-state index contributed by atoms with van der Waals surface area (Å²) in [5.41, 5.74) is 6.37. The average molecular weight is 266 g/mol. The van der Waals surface area contributed by atoms with Gasteiger partial charge in [0.15, 0.2) is 0 Å². The van der Waals surface area contributed by atoms with E-state index < -0.39 is 6.10 Å². The van der Waals surface area contributed by atoms with Crippen LogP contribution in [0.15, 0.2) is 24.3 Å². The van der Waals surface area contributed by atoms with Crippen LogP contribution in [0, 0.1) is 5.82 Å². The molecule has 1 saturated heterocycles. The van der Waals surface area contributed by atoms with Crippen molar-refractivity contribution in [3.63, 3.8) is 0 Å². The zero-order chi connectivity index (χ0) is 13.8. The number of nitrogens with one attached hydrogen (secondary N) is 1. The van der Waals surface area contributed by atoms with Gasteiger partial charge in [-0.25, -0.2) is 4.39 Å². The van der Waals surface area contributed by atoms with E-state index >= 15 is 0 Å². The van der Waals surface area contributed by atoms with Gasteiger partial charge in [-0.1, -0.05) is 12.1 Å². The molecule has 3 N–H and O–H groups in total.